The van der Waals surface area contributed by atoms with Crippen LogP contribution in [0.4, 0.5) is 10.3 Å². The van der Waals surface area contributed by atoms with Crippen LogP contribution in [-0.2, 0) is 6.54 Å². The zero-order valence-corrected chi connectivity index (χ0v) is 12.5. The average molecular weight is 302 g/mol. The molecule has 22 heavy (non-hydrogen) atoms. The molecule has 0 spiro atoms. The van der Waals surface area contributed by atoms with Crippen LogP contribution in [0.15, 0.2) is 36.7 Å². The van der Waals surface area contributed by atoms with Gasteiger partial charge in [0.15, 0.2) is 0 Å². The highest BCUT2D eigenvalue weighted by molar-refractivity contribution is 5.93. The maximum atomic E-state index is 13.5. The molecule has 6 heteroatoms. The monoisotopic (exact) mass is 302 g/mol. The number of rotatable bonds is 7. The lowest BCUT2D eigenvalue weighted by Gasteiger charge is -2.07. The van der Waals surface area contributed by atoms with E-state index >= 15 is 0 Å². The molecular formula is C16H19FN4O. The van der Waals surface area contributed by atoms with Gasteiger partial charge in [-0.1, -0.05) is 31.5 Å². The van der Waals surface area contributed by atoms with Crippen molar-refractivity contribution in [2.45, 2.75) is 26.3 Å². The van der Waals surface area contributed by atoms with Crippen molar-refractivity contribution in [3.8, 4) is 0 Å². The first-order valence-corrected chi connectivity index (χ1v) is 7.28. The number of halogens is 1. The molecule has 0 aliphatic rings. The van der Waals surface area contributed by atoms with Gasteiger partial charge in [-0.25, -0.2) is 14.4 Å². The zero-order chi connectivity index (χ0) is 15.8. The maximum absolute atomic E-state index is 13.5. The van der Waals surface area contributed by atoms with Gasteiger partial charge in [0.05, 0.1) is 5.56 Å². The summed E-state index contributed by atoms with van der Waals surface area (Å²) in [6.45, 7) is 3.03. The third kappa shape index (κ3) is 4.51. The third-order valence-corrected chi connectivity index (χ3v) is 3.12. The largest absolute Gasteiger partial charge is 0.354 e. The van der Waals surface area contributed by atoms with E-state index in [1.165, 1.54) is 18.5 Å². The highest BCUT2D eigenvalue weighted by Gasteiger charge is 2.08. The van der Waals surface area contributed by atoms with Gasteiger partial charge in [-0.3, -0.25) is 4.79 Å². The van der Waals surface area contributed by atoms with Crippen molar-refractivity contribution in [2.75, 3.05) is 11.9 Å². The molecule has 2 N–H and O–H groups in total. The number of hydrogen-bond donors (Lipinski definition) is 2. The van der Waals surface area contributed by atoms with Crippen LogP contribution in [0.5, 0.6) is 0 Å². The molecule has 0 atom stereocenters. The van der Waals surface area contributed by atoms with E-state index in [2.05, 4.69) is 27.5 Å². The summed E-state index contributed by atoms with van der Waals surface area (Å²) in [6, 6.07) is 6.33. The predicted molar refractivity (Wildman–Crippen MR) is 83.0 cm³/mol. The number of unbranched alkanes of at least 4 members (excludes halogenated alkanes) is 1. The first-order valence-electron chi connectivity index (χ1n) is 7.28. The van der Waals surface area contributed by atoms with E-state index in [1.54, 1.807) is 18.2 Å². The molecule has 0 aliphatic heterocycles. The lowest BCUT2D eigenvalue weighted by molar-refractivity contribution is 0.0950. The summed E-state index contributed by atoms with van der Waals surface area (Å²) in [7, 11) is 0. The Bertz CT molecular complexity index is 616. The molecule has 1 heterocycles. The quantitative estimate of drug-likeness (QED) is 0.772. The number of nitrogens with one attached hydrogen (secondary N) is 2. The predicted octanol–water partition coefficient (Wildman–Crippen LogP) is 2.76. The number of benzene rings is 1. The van der Waals surface area contributed by atoms with E-state index in [0.29, 0.717) is 17.1 Å². The molecule has 1 aromatic carbocycles. The number of carbonyl (C=O) groups is 1. The zero-order valence-electron chi connectivity index (χ0n) is 12.5. The number of hydrogen-bond acceptors (Lipinski definition) is 4. The van der Waals surface area contributed by atoms with Crippen molar-refractivity contribution in [3.05, 3.63) is 53.6 Å². The van der Waals surface area contributed by atoms with E-state index < -0.39 is 0 Å². The van der Waals surface area contributed by atoms with E-state index in [-0.39, 0.29) is 18.3 Å². The topological polar surface area (TPSA) is 66.9 Å². The second-order valence-corrected chi connectivity index (χ2v) is 4.85. The lowest BCUT2D eigenvalue weighted by atomic mass is 10.2. The van der Waals surface area contributed by atoms with Crippen molar-refractivity contribution >= 4 is 11.9 Å². The Morgan fingerprint density at radius 1 is 1.23 bits per heavy atom. The Morgan fingerprint density at radius 3 is 2.64 bits per heavy atom. The molecule has 0 saturated carbocycles. The first-order chi connectivity index (χ1) is 10.7. The SMILES string of the molecule is CCCCNc1ncc(C(=O)NCc2ccccc2F)cn1. The second kappa shape index (κ2) is 8.07. The molecule has 0 bridgehead atoms. The molecule has 0 fully saturated rings. The second-order valence-electron chi connectivity index (χ2n) is 4.85. The summed E-state index contributed by atoms with van der Waals surface area (Å²) in [6.07, 6.45) is 5.04. The van der Waals surface area contributed by atoms with Gasteiger partial charge in [0.2, 0.25) is 5.95 Å². The molecule has 2 aromatic rings. The first kappa shape index (κ1) is 15.9. The van der Waals surface area contributed by atoms with Gasteiger partial charge in [-0.15, -0.1) is 0 Å². The summed E-state index contributed by atoms with van der Waals surface area (Å²) in [5.74, 6) is -0.169. The van der Waals surface area contributed by atoms with Crippen molar-refractivity contribution in [3.63, 3.8) is 0 Å². The summed E-state index contributed by atoms with van der Waals surface area (Å²) >= 11 is 0. The fourth-order valence-electron chi connectivity index (χ4n) is 1.83. The van der Waals surface area contributed by atoms with E-state index in [1.807, 2.05) is 0 Å². The highest BCUT2D eigenvalue weighted by Crippen LogP contribution is 2.06. The fourth-order valence-corrected chi connectivity index (χ4v) is 1.83. The van der Waals surface area contributed by atoms with Crippen LogP contribution in [0, 0.1) is 5.82 Å². The van der Waals surface area contributed by atoms with Gasteiger partial charge in [-0.05, 0) is 12.5 Å². The van der Waals surface area contributed by atoms with Crippen LogP contribution in [0.1, 0.15) is 35.7 Å². The minimum absolute atomic E-state index is 0.127. The summed E-state index contributed by atoms with van der Waals surface area (Å²) < 4.78 is 13.5. The Morgan fingerprint density at radius 2 is 1.95 bits per heavy atom. The summed E-state index contributed by atoms with van der Waals surface area (Å²) in [5.41, 5.74) is 0.784. The lowest BCUT2D eigenvalue weighted by Crippen LogP contribution is -2.23. The Hall–Kier alpha value is -2.50. The van der Waals surface area contributed by atoms with Crippen LogP contribution in [0.25, 0.3) is 0 Å². The van der Waals surface area contributed by atoms with Crippen LogP contribution in [-0.4, -0.2) is 22.4 Å². The van der Waals surface area contributed by atoms with Crippen molar-refractivity contribution in [1.82, 2.24) is 15.3 Å². The van der Waals surface area contributed by atoms with E-state index in [9.17, 15) is 9.18 Å². The molecule has 5 nitrogen and oxygen atoms in total. The number of amides is 1. The molecule has 0 saturated heterocycles. The molecule has 1 amide bonds. The van der Waals surface area contributed by atoms with Crippen LogP contribution in [0.3, 0.4) is 0 Å². The van der Waals surface area contributed by atoms with E-state index in [4.69, 9.17) is 0 Å². The molecule has 116 valence electrons. The smallest absolute Gasteiger partial charge is 0.254 e. The maximum Gasteiger partial charge on any atom is 0.254 e. The van der Waals surface area contributed by atoms with Gasteiger partial charge < -0.3 is 10.6 Å². The molecule has 0 radical (unpaired) electrons. The highest BCUT2D eigenvalue weighted by atomic mass is 19.1. The van der Waals surface area contributed by atoms with Gasteiger partial charge >= 0.3 is 0 Å². The van der Waals surface area contributed by atoms with Crippen LogP contribution in [0.2, 0.25) is 0 Å². The van der Waals surface area contributed by atoms with Gasteiger partial charge in [0.1, 0.15) is 5.82 Å². The fraction of sp³-hybridized carbons (Fsp3) is 0.312. The van der Waals surface area contributed by atoms with Gasteiger partial charge in [0, 0.05) is 31.0 Å². The molecular weight excluding hydrogens is 283 g/mol. The Kier molecular flexibility index (Phi) is 5.82. The molecule has 0 aliphatic carbocycles. The molecule has 2 rings (SSSR count). The third-order valence-electron chi connectivity index (χ3n) is 3.12. The van der Waals surface area contributed by atoms with Crippen LogP contribution >= 0.6 is 0 Å². The van der Waals surface area contributed by atoms with Gasteiger partial charge in [0.25, 0.3) is 5.91 Å². The van der Waals surface area contributed by atoms with E-state index in [0.717, 1.165) is 19.4 Å². The Labute approximate surface area is 129 Å². The van der Waals surface area contributed by atoms with Crippen molar-refractivity contribution < 1.29 is 9.18 Å². The summed E-state index contributed by atoms with van der Waals surface area (Å²) in [4.78, 5) is 20.1. The van der Waals surface area contributed by atoms with Crippen LogP contribution < -0.4 is 10.6 Å². The molecule has 0 unspecified atom stereocenters. The minimum Gasteiger partial charge on any atom is -0.354 e. The minimum atomic E-state index is -0.338. The average Bonchev–Trinajstić information content (AvgIpc) is 2.55. The standard InChI is InChI=1S/C16H19FN4O/c1-2-3-8-18-16-20-10-13(11-21-16)15(22)19-9-12-6-4-5-7-14(12)17/h4-7,10-11H,2-3,8-9H2,1H3,(H,19,22)(H,18,20,21). The van der Waals surface area contributed by atoms with Crippen molar-refractivity contribution in [2.24, 2.45) is 0 Å². The molecule has 1 aromatic heterocycles. The summed E-state index contributed by atoms with van der Waals surface area (Å²) in [5, 5.41) is 5.72. The van der Waals surface area contributed by atoms with Gasteiger partial charge in [-0.2, -0.15) is 0 Å². The number of anilines is 1. The number of carbonyl (C=O) groups excluding carboxylic acids is 1. The Balaban J connectivity index is 1.88. The number of nitrogens with zero attached hydrogens (tertiary/aromatic N) is 2. The van der Waals surface area contributed by atoms with Crippen molar-refractivity contribution in [1.29, 1.82) is 0 Å². The normalized spacial score (nSPS) is 10.3. The number of aromatic nitrogens is 2.